The Morgan fingerprint density at radius 2 is 1.57 bits per heavy atom. The van der Waals surface area contributed by atoms with Crippen LogP contribution in [0.3, 0.4) is 0 Å². The molecule has 0 saturated heterocycles. The minimum atomic E-state index is 0.477. The highest BCUT2D eigenvalue weighted by atomic mass is 15.1. The van der Waals surface area contributed by atoms with Gasteiger partial charge in [-0.05, 0) is 44.7 Å². The molecule has 0 fully saturated rings. The number of rotatable bonds is 5. The minimum absolute atomic E-state index is 0.477. The van der Waals surface area contributed by atoms with E-state index in [9.17, 15) is 0 Å². The Balaban J connectivity index is 3.98. The van der Waals surface area contributed by atoms with Crippen LogP contribution in [-0.4, -0.2) is 25.0 Å². The van der Waals surface area contributed by atoms with Gasteiger partial charge < -0.3 is 4.90 Å². The van der Waals surface area contributed by atoms with Crippen molar-refractivity contribution in [2.75, 3.05) is 14.1 Å². The van der Waals surface area contributed by atoms with Crippen LogP contribution < -0.4 is 0 Å². The number of nitrogens with zero attached hydrogens (tertiary/aromatic N) is 1. The Labute approximate surface area is 90.9 Å². The Bertz CT molecular complexity index is 142. The highest BCUT2D eigenvalue weighted by molar-refractivity contribution is 4.72. The fourth-order valence-corrected chi connectivity index (χ4v) is 1.73. The van der Waals surface area contributed by atoms with E-state index >= 15 is 0 Å². The van der Waals surface area contributed by atoms with Crippen molar-refractivity contribution in [1.82, 2.24) is 4.90 Å². The van der Waals surface area contributed by atoms with Crippen LogP contribution in [0.25, 0.3) is 0 Å². The molecule has 0 unspecified atom stereocenters. The second-order valence-electron chi connectivity index (χ2n) is 6.35. The van der Waals surface area contributed by atoms with Gasteiger partial charge in [-0.25, -0.2) is 0 Å². The molecular weight excluding hydrogens is 170 g/mol. The van der Waals surface area contributed by atoms with Crippen molar-refractivity contribution in [2.24, 2.45) is 11.3 Å². The Hall–Kier alpha value is -0.0400. The lowest BCUT2D eigenvalue weighted by molar-refractivity contribution is 0.212. The first-order chi connectivity index (χ1) is 6.22. The van der Waals surface area contributed by atoms with E-state index in [0.717, 1.165) is 12.0 Å². The van der Waals surface area contributed by atoms with Crippen molar-refractivity contribution in [3.63, 3.8) is 0 Å². The molecule has 0 heterocycles. The molecule has 0 saturated carbocycles. The molecule has 0 spiro atoms. The zero-order valence-electron chi connectivity index (χ0n) is 11.2. The standard InChI is InChI=1S/C13H29N/c1-11(2)10-12(14(6)7)8-9-13(3,4)5/h11-12H,8-10H2,1-7H3/t12-/m0/s1. The molecule has 0 amide bonds. The van der Waals surface area contributed by atoms with E-state index in [2.05, 4.69) is 53.6 Å². The summed E-state index contributed by atoms with van der Waals surface area (Å²) in [6.45, 7) is 11.6. The van der Waals surface area contributed by atoms with Gasteiger partial charge >= 0.3 is 0 Å². The summed E-state index contributed by atoms with van der Waals surface area (Å²) in [6.07, 6.45) is 3.97. The van der Waals surface area contributed by atoms with Gasteiger partial charge in [-0.15, -0.1) is 0 Å². The maximum Gasteiger partial charge on any atom is 0.00918 e. The summed E-state index contributed by atoms with van der Waals surface area (Å²) in [5.41, 5.74) is 0.477. The quantitative estimate of drug-likeness (QED) is 0.651. The molecule has 86 valence electrons. The predicted molar refractivity (Wildman–Crippen MR) is 65.6 cm³/mol. The minimum Gasteiger partial charge on any atom is -0.306 e. The van der Waals surface area contributed by atoms with E-state index < -0.39 is 0 Å². The average Bonchev–Trinajstić information content (AvgIpc) is 1.94. The summed E-state index contributed by atoms with van der Waals surface area (Å²) in [5.74, 6) is 0.808. The highest BCUT2D eigenvalue weighted by Gasteiger charge is 2.17. The van der Waals surface area contributed by atoms with Crippen LogP contribution >= 0.6 is 0 Å². The normalized spacial score (nSPS) is 15.2. The first-order valence-corrected chi connectivity index (χ1v) is 5.89. The van der Waals surface area contributed by atoms with Crippen LogP contribution in [0.2, 0.25) is 0 Å². The zero-order valence-corrected chi connectivity index (χ0v) is 11.2. The van der Waals surface area contributed by atoms with Gasteiger partial charge in [0.05, 0.1) is 0 Å². The summed E-state index contributed by atoms with van der Waals surface area (Å²) in [6, 6.07) is 0.759. The van der Waals surface area contributed by atoms with Crippen molar-refractivity contribution in [3.05, 3.63) is 0 Å². The van der Waals surface area contributed by atoms with E-state index in [-0.39, 0.29) is 0 Å². The lowest BCUT2D eigenvalue weighted by Crippen LogP contribution is -2.30. The summed E-state index contributed by atoms with van der Waals surface area (Å²) in [7, 11) is 4.41. The van der Waals surface area contributed by atoms with Gasteiger partial charge in [0, 0.05) is 6.04 Å². The molecule has 0 aromatic rings. The number of hydrogen-bond acceptors (Lipinski definition) is 1. The summed E-state index contributed by atoms with van der Waals surface area (Å²) in [5, 5.41) is 0. The van der Waals surface area contributed by atoms with Gasteiger partial charge in [-0.2, -0.15) is 0 Å². The molecule has 1 atom stereocenters. The van der Waals surface area contributed by atoms with Crippen LogP contribution in [0.1, 0.15) is 53.9 Å². The SMILES string of the molecule is CC(C)C[C@H](CCC(C)(C)C)N(C)C. The summed E-state index contributed by atoms with van der Waals surface area (Å²) < 4.78 is 0. The van der Waals surface area contributed by atoms with Crippen molar-refractivity contribution < 1.29 is 0 Å². The molecular formula is C13H29N. The maximum atomic E-state index is 2.38. The molecule has 0 aromatic carbocycles. The van der Waals surface area contributed by atoms with Gasteiger partial charge in [-0.1, -0.05) is 34.6 Å². The van der Waals surface area contributed by atoms with Gasteiger partial charge in [0.15, 0.2) is 0 Å². The summed E-state index contributed by atoms with van der Waals surface area (Å²) in [4.78, 5) is 2.38. The molecule has 14 heavy (non-hydrogen) atoms. The van der Waals surface area contributed by atoms with Gasteiger partial charge in [0.2, 0.25) is 0 Å². The molecule has 0 radical (unpaired) electrons. The van der Waals surface area contributed by atoms with E-state index in [1.165, 1.54) is 19.3 Å². The molecule has 0 rings (SSSR count). The summed E-state index contributed by atoms with van der Waals surface area (Å²) >= 11 is 0. The third-order valence-corrected chi connectivity index (χ3v) is 2.70. The van der Waals surface area contributed by atoms with Gasteiger partial charge in [0.25, 0.3) is 0 Å². The van der Waals surface area contributed by atoms with Crippen LogP contribution in [0, 0.1) is 11.3 Å². The second kappa shape index (κ2) is 5.75. The van der Waals surface area contributed by atoms with E-state index in [1.807, 2.05) is 0 Å². The molecule has 0 N–H and O–H groups in total. The lowest BCUT2D eigenvalue weighted by atomic mass is 9.86. The molecule has 0 aromatic heterocycles. The molecule has 0 aliphatic heterocycles. The van der Waals surface area contributed by atoms with Gasteiger partial charge in [-0.3, -0.25) is 0 Å². The van der Waals surface area contributed by atoms with Crippen molar-refractivity contribution in [1.29, 1.82) is 0 Å². The van der Waals surface area contributed by atoms with Crippen LogP contribution in [0.5, 0.6) is 0 Å². The highest BCUT2D eigenvalue weighted by Crippen LogP contribution is 2.24. The van der Waals surface area contributed by atoms with Crippen LogP contribution in [0.4, 0.5) is 0 Å². The second-order valence-corrected chi connectivity index (χ2v) is 6.35. The monoisotopic (exact) mass is 199 g/mol. The third kappa shape index (κ3) is 7.37. The first-order valence-electron chi connectivity index (χ1n) is 5.89. The van der Waals surface area contributed by atoms with E-state index in [4.69, 9.17) is 0 Å². The molecule has 0 aliphatic rings. The molecule has 1 heteroatoms. The zero-order chi connectivity index (χ0) is 11.4. The van der Waals surface area contributed by atoms with E-state index in [1.54, 1.807) is 0 Å². The first kappa shape index (κ1) is 14.0. The average molecular weight is 199 g/mol. The Morgan fingerprint density at radius 3 is 1.86 bits per heavy atom. The smallest absolute Gasteiger partial charge is 0.00918 e. The van der Waals surface area contributed by atoms with Crippen LogP contribution in [-0.2, 0) is 0 Å². The topological polar surface area (TPSA) is 3.24 Å². The third-order valence-electron chi connectivity index (χ3n) is 2.70. The molecule has 1 nitrogen and oxygen atoms in total. The molecule has 0 bridgehead atoms. The Kier molecular flexibility index (Phi) is 5.73. The van der Waals surface area contributed by atoms with Gasteiger partial charge in [0.1, 0.15) is 0 Å². The maximum absolute atomic E-state index is 2.38. The van der Waals surface area contributed by atoms with E-state index in [0.29, 0.717) is 5.41 Å². The van der Waals surface area contributed by atoms with Crippen molar-refractivity contribution >= 4 is 0 Å². The molecule has 0 aliphatic carbocycles. The fraction of sp³-hybridized carbons (Fsp3) is 1.00. The number of hydrogen-bond donors (Lipinski definition) is 0. The lowest BCUT2D eigenvalue weighted by Gasteiger charge is -2.29. The van der Waals surface area contributed by atoms with Crippen molar-refractivity contribution in [2.45, 2.75) is 59.9 Å². The largest absolute Gasteiger partial charge is 0.306 e. The Morgan fingerprint density at radius 1 is 1.07 bits per heavy atom. The van der Waals surface area contributed by atoms with Crippen LogP contribution in [0.15, 0.2) is 0 Å². The predicted octanol–water partition coefficient (Wildman–Crippen LogP) is 3.79. The van der Waals surface area contributed by atoms with Crippen molar-refractivity contribution in [3.8, 4) is 0 Å². The fourth-order valence-electron chi connectivity index (χ4n) is 1.73.